The summed E-state index contributed by atoms with van der Waals surface area (Å²) in [5, 5.41) is 0. The van der Waals surface area contributed by atoms with Gasteiger partial charge in [0.15, 0.2) is 0 Å². The Morgan fingerprint density at radius 1 is 1.14 bits per heavy atom. The summed E-state index contributed by atoms with van der Waals surface area (Å²) < 4.78 is 5.64. The van der Waals surface area contributed by atoms with Crippen LogP contribution in [0.4, 0.5) is 0 Å². The Labute approximate surface area is 128 Å². The van der Waals surface area contributed by atoms with Crippen LogP contribution in [-0.4, -0.2) is 22.5 Å². The van der Waals surface area contributed by atoms with Gasteiger partial charge in [-0.15, -0.1) is 0 Å². The molecule has 0 spiro atoms. The first-order valence-electron chi connectivity index (χ1n) is 7.10. The lowest BCUT2D eigenvalue weighted by molar-refractivity contribution is 0.0227. The van der Waals surface area contributed by atoms with E-state index in [0.29, 0.717) is 6.42 Å². The van der Waals surface area contributed by atoms with Crippen molar-refractivity contribution in [2.45, 2.75) is 24.9 Å². The molecule has 1 aliphatic rings. The average molecular weight is 296 g/mol. The standard InChI is InChI=1S/C17H16N2O3/c18-15(20)13-8-14(11-19-10-13)16(21)22-17(6-7-17)9-12-4-2-1-3-5-12/h1-5,8,10-11H,6-7,9H2,(H2,18,20). The summed E-state index contributed by atoms with van der Waals surface area (Å²) in [6.07, 6.45) is 5.10. The molecule has 1 saturated carbocycles. The zero-order valence-corrected chi connectivity index (χ0v) is 12.0. The molecular formula is C17H16N2O3. The summed E-state index contributed by atoms with van der Waals surface area (Å²) in [4.78, 5) is 27.3. The van der Waals surface area contributed by atoms with Crippen LogP contribution in [0.1, 0.15) is 39.1 Å². The summed E-state index contributed by atoms with van der Waals surface area (Å²) >= 11 is 0. The number of aromatic nitrogens is 1. The highest BCUT2D eigenvalue weighted by molar-refractivity contribution is 5.96. The topological polar surface area (TPSA) is 82.3 Å². The summed E-state index contributed by atoms with van der Waals surface area (Å²) in [7, 11) is 0. The fourth-order valence-electron chi connectivity index (χ4n) is 2.36. The number of benzene rings is 1. The van der Waals surface area contributed by atoms with Crippen LogP contribution in [-0.2, 0) is 11.2 Å². The predicted octanol–water partition coefficient (Wildman–Crippen LogP) is 2.11. The molecule has 0 bridgehead atoms. The second-order valence-corrected chi connectivity index (χ2v) is 5.56. The molecule has 0 unspecified atom stereocenters. The summed E-state index contributed by atoms with van der Waals surface area (Å²) in [6.45, 7) is 0. The van der Waals surface area contributed by atoms with Crippen molar-refractivity contribution in [2.24, 2.45) is 5.73 Å². The maximum Gasteiger partial charge on any atom is 0.340 e. The Hall–Kier alpha value is -2.69. The van der Waals surface area contributed by atoms with Crippen molar-refractivity contribution >= 4 is 11.9 Å². The van der Waals surface area contributed by atoms with Crippen molar-refractivity contribution in [3.63, 3.8) is 0 Å². The van der Waals surface area contributed by atoms with Gasteiger partial charge in [0.05, 0.1) is 11.1 Å². The molecule has 0 atom stereocenters. The third-order valence-corrected chi connectivity index (χ3v) is 3.74. The SMILES string of the molecule is NC(=O)c1cncc(C(=O)OC2(Cc3ccccc3)CC2)c1. The Morgan fingerprint density at radius 2 is 1.82 bits per heavy atom. The lowest BCUT2D eigenvalue weighted by atomic mass is 10.1. The van der Waals surface area contributed by atoms with Gasteiger partial charge >= 0.3 is 5.97 Å². The molecule has 1 aliphatic carbocycles. The van der Waals surface area contributed by atoms with Crippen molar-refractivity contribution < 1.29 is 14.3 Å². The molecule has 1 amide bonds. The van der Waals surface area contributed by atoms with Crippen molar-refractivity contribution in [1.29, 1.82) is 0 Å². The summed E-state index contributed by atoms with van der Waals surface area (Å²) in [6, 6.07) is 11.3. The molecule has 1 aromatic carbocycles. The van der Waals surface area contributed by atoms with Gasteiger partial charge in [0, 0.05) is 18.8 Å². The number of carbonyl (C=O) groups is 2. The molecule has 22 heavy (non-hydrogen) atoms. The van der Waals surface area contributed by atoms with Crippen molar-refractivity contribution in [2.75, 3.05) is 0 Å². The number of esters is 1. The minimum Gasteiger partial charge on any atom is -0.455 e. The number of nitrogens with two attached hydrogens (primary N) is 1. The van der Waals surface area contributed by atoms with Crippen LogP contribution in [0.3, 0.4) is 0 Å². The van der Waals surface area contributed by atoms with E-state index >= 15 is 0 Å². The minimum atomic E-state index is -0.618. The highest BCUT2D eigenvalue weighted by Crippen LogP contribution is 2.43. The Morgan fingerprint density at radius 3 is 2.45 bits per heavy atom. The number of amides is 1. The second-order valence-electron chi connectivity index (χ2n) is 5.56. The molecule has 1 fully saturated rings. The van der Waals surface area contributed by atoms with Crippen LogP contribution in [0, 0.1) is 0 Å². The van der Waals surface area contributed by atoms with E-state index in [9.17, 15) is 9.59 Å². The molecule has 112 valence electrons. The first-order chi connectivity index (χ1) is 10.6. The van der Waals surface area contributed by atoms with E-state index < -0.39 is 17.5 Å². The molecule has 0 saturated heterocycles. The Balaban J connectivity index is 1.71. The average Bonchev–Trinajstić information content (AvgIpc) is 3.27. The smallest absolute Gasteiger partial charge is 0.340 e. The van der Waals surface area contributed by atoms with Crippen LogP contribution in [0.15, 0.2) is 48.8 Å². The van der Waals surface area contributed by atoms with E-state index in [1.807, 2.05) is 30.3 Å². The van der Waals surface area contributed by atoms with E-state index in [2.05, 4.69) is 4.98 Å². The molecule has 3 rings (SSSR count). The fourth-order valence-corrected chi connectivity index (χ4v) is 2.36. The third-order valence-electron chi connectivity index (χ3n) is 3.74. The predicted molar refractivity (Wildman–Crippen MR) is 80.3 cm³/mol. The van der Waals surface area contributed by atoms with E-state index in [0.717, 1.165) is 18.4 Å². The zero-order chi connectivity index (χ0) is 15.6. The van der Waals surface area contributed by atoms with Gasteiger partial charge in [-0.25, -0.2) is 4.79 Å². The number of carbonyl (C=O) groups excluding carboxylic acids is 2. The van der Waals surface area contributed by atoms with Gasteiger partial charge in [-0.05, 0) is 24.5 Å². The molecular weight excluding hydrogens is 280 g/mol. The number of ether oxygens (including phenoxy) is 1. The Kier molecular flexibility index (Phi) is 3.63. The van der Waals surface area contributed by atoms with Gasteiger partial charge in [-0.3, -0.25) is 9.78 Å². The van der Waals surface area contributed by atoms with Gasteiger partial charge in [0.25, 0.3) is 0 Å². The van der Waals surface area contributed by atoms with E-state index in [1.165, 1.54) is 18.5 Å². The summed E-state index contributed by atoms with van der Waals surface area (Å²) in [5.74, 6) is -1.09. The van der Waals surface area contributed by atoms with Crippen molar-refractivity contribution in [3.8, 4) is 0 Å². The molecule has 2 N–H and O–H groups in total. The number of pyridine rings is 1. The maximum atomic E-state index is 12.3. The monoisotopic (exact) mass is 296 g/mol. The van der Waals surface area contributed by atoms with Gasteiger partial charge in [-0.1, -0.05) is 30.3 Å². The first kappa shape index (κ1) is 14.3. The van der Waals surface area contributed by atoms with E-state index in [1.54, 1.807) is 0 Å². The number of primary amides is 1. The zero-order valence-electron chi connectivity index (χ0n) is 12.0. The largest absolute Gasteiger partial charge is 0.455 e. The second kappa shape index (κ2) is 5.60. The third kappa shape index (κ3) is 3.14. The summed E-state index contributed by atoms with van der Waals surface area (Å²) in [5.41, 5.74) is 6.34. The number of rotatable bonds is 5. The molecule has 1 heterocycles. The molecule has 2 aromatic rings. The van der Waals surface area contributed by atoms with E-state index in [4.69, 9.17) is 10.5 Å². The molecule has 1 aromatic heterocycles. The highest BCUT2D eigenvalue weighted by Gasteiger charge is 2.47. The quantitative estimate of drug-likeness (QED) is 0.857. The van der Waals surface area contributed by atoms with Crippen LogP contribution < -0.4 is 5.73 Å². The molecule has 0 aliphatic heterocycles. The highest BCUT2D eigenvalue weighted by atomic mass is 16.6. The minimum absolute atomic E-state index is 0.197. The first-order valence-corrected chi connectivity index (χ1v) is 7.10. The van der Waals surface area contributed by atoms with Gasteiger partial charge in [0.2, 0.25) is 5.91 Å². The van der Waals surface area contributed by atoms with Crippen LogP contribution in [0.2, 0.25) is 0 Å². The maximum absolute atomic E-state index is 12.3. The van der Waals surface area contributed by atoms with Crippen LogP contribution >= 0.6 is 0 Å². The van der Waals surface area contributed by atoms with Crippen LogP contribution in [0.5, 0.6) is 0 Å². The fraction of sp³-hybridized carbons (Fsp3) is 0.235. The number of nitrogens with zero attached hydrogens (tertiary/aromatic N) is 1. The lowest BCUT2D eigenvalue weighted by Crippen LogP contribution is -2.23. The van der Waals surface area contributed by atoms with Crippen molar-refractivity contribution in [1.82, 2.24) is 4.98 Å². The Bertz CT molecular complexity index is 709. The lowest BCUT2D eigenvalue weighted by Gasteiger charge is -2.16. The van der Waals surface area contributed by atoms with Gasteiger partial charge < -0.3 is 10.5 Å². The molecule has 5 heteroatoms. The van der Waals surface area contributed by atoms with Gasteiger partial charge in [0.1, 0.15) is 5.60 Å². The van der Waals surface area contributed by atoms with E-state index in [-0.39, 0.29) is 11.1 Å². The van der Waals surface area contributed by atoms with Crippen molar-refractivity contribution in [3.05, 3.63) is 65.5 Å². The normalized spacial score (nSPS) is 15.1. The van der Waals surface area contributed by atoms with Crippen LogP contribution in [0.25, 0.3) is 0 Å². The number of hydrogen-bond acceptors (Lipinski definition) is 4. The molecule has 5 nitrogen and oxygen atoms in total. The molecule has 0 radical (unpaired) electrons. The number of hydrogen-bond donors (Lipinski definition) is 1. The van der Waals surface area contributed by atoms with Gasteiger partial charge in [-0.2, -0.15) is 0 Å².